The van der Waals surface area contributed by atoms with E-state index in [2.05, 4.69) is 12.1 Å². The van der Waals surface area contributed by atoms with Gasteiger partial charge in [0.2, 0.25) is 0 Å². The summed E-state index contributed by atoms with van der Waals surface area (Å²) in [6.45, 7) is 2.78. The van der Waals surface area contributed by atoms with E-state index in [9.17, 15) is 5.11 Å². The zero-order valence-corrected chi connectivity index (χ0v) is 8.27. The summed E-state index contributed by atoms with van der Waals surface area (Å²) in [7, 11) is 1.93. The van der Waals surface area contributed by atoms with Gasteiger partial charge in [0.25, 0.3) is 0 Å². The number of nitrogens with zero attached hydrogens (tertiary/aromatic N) is 1. The molecule has 1 aromatic carbocycles. The molecule has 1 atom stereocenters. The highest BCUT2D eigenvalue weighted by Crippen LogP contribution is 2.05. The lowest BCUT2D eigenvalue weighted by molar-refractivity contribution is 0.0143. The van der Waals surface area contributed by atoms with Gasteiger partial charge in [0, 0.05) is 6.54 Å². The van der Waals surface area contributed by atoms with Crippen molar-refractivity contribution in [1.29, 1.82) is 0 Å². The van der Waals surface area contributed by atoms with E-state index in [-0.39, 0.29) is 6.23 Å². The first kappa shape index (κ1) is 10.2. The number of aliphatic hydroxyl groups excluding tert-OH is 1. The van der Waals surface area contributed by atoms with Crippen molar-refractivity contribution < 1.29 is 5.11 Å². The molecule has 0 aliphatic carbocycles. The molecule has 0 saturated heterocycles. The number of hydrogen-bond donors (Lipinski definition) is 1. The fourth-order valence-electron chi connectivity index (χ4n) is 1.29. The van der Waals surface area contributed by atoms with Crippen LogP contribution in [0.4, 0.5) is 0 Å². The van der Waals surface area contributed by atoms with Crippen molar-refractivity contribution in [3.05, 3.63) is 35.9 Å². The van der Waals surface area contributed by atoms with Gasteiger partial charge < -0.3 is 5.11 Å². The molecule has 0 bridgehead atoms. The summed E-state index contributed by atoms with van der Waals surface area (Å²) < 4.78 is 0. The van der Waals surface area contributed by atoms with Crippen molar-refractivity contribution in [3.8, 4) is 0 Å². The monoisotopic (exact) mass is 179 g/mol. The van der Waals surface area contributed by atoms with Crippen LogP contribution in [0, 0.1) is 0 Å². The van der Waals surface area contributed by atoms with Crippen LogP contribution in [0.5, 0.6) is 0 Å². The molecule has 1 aromatic rings. The van der Waals surface area contributed by atoms with E-state index in [4.69, 9.17) is 0 Å². The molecule has 1 rings (SSSR count). The van der Waals surface area contributed by atoms with Crippen LogP contribution in [0.25, 0.3) is 0 Å². The van der Waals surface area contributed by atoms with Crippen LogP contribution >= 0.6 is 0 Å². The molecule has 0 radical (unpaired) electrons. The van der Waals surface area contributed by atoms with Crippen LogP contribution in [0.2, 0.25) is 0 Å². The highest BCUT2D eigenvalue weighted by molar-refractivity contribution is 5.14. The smallest absolute Gasteiger partial charge is 0.107 e. The van der Waals surface area contributed by atoms with Crippen molar-refractivity contribution in [2.24, 2.45) is 0 Å². The summed E-state index contributed by atoms with van der Waals surface area (Å²) in [4.78, 5) is 1.94. The molecular formula is C11H17NO. The maximum Gasteiger partial charge on any atom is 0.107 e. The Hall–Kier alpha value is -0.860. The Bertz CT molecular complexity index is 235. The van der Waals surface area contributed by atoms with Gasteiger partial charge in [-0.15, -0.1) is 0 Å². The van der Waals surface area contributed by atoms with Gasteiger partial charge in [0.1, 0.15) is 6.23 Å². The maximum absolute atomic E-state index is 9.51. The largest absolute Gasteiger partial charge is 0.378 e. The second-order valence-corrected chi connectivity index (χ2v) is 3.29. The topological polar surface area (TPSA) is 23.5 Å². The molecule has 2 nitrogen and oxygen atoms in total. The summed E-state index contributed by atoms with van der Waals surface area (Å²) in [5.41, 5.74) is 1.23. The molecule has 0 heterocycles. The molecule has 0 aliphatic heterocycles. The first-order valence-electron chi connectivity index (χ1n) is 4.66. The minimum atomic E-state index is -0.333. The summed E-state index contributed by atoms with van der Waals surface area (Å²) in [6, 6.07) is 10.2. The van der Waals surface area contributed by atoms with Crippen molar-refractivity contribution in [1.82, 2.24) is 4.90 Å². The highest BCUT2D eigenvalue weighted by atomic mass is 16.3. The van der Waals surface area contributed by atoms with Gasteiger partial charge in [0.15, 0.2) is 0 Å². The first-order chi connectivity index (χ1) is 6.24. The number of rotatable bonds is 4. The van der Waals surface area contributed by atoms with Gasteiger partial charge >= 0.3 is 0 Å². The Labute approximate surface area is 79.8 Å². The second-order valence-electron chi connectivity index (χ2n) is 3.29. The van der Waals surface area contributed by atoms with Gasteiger partial charge in [-0.1, -0.05) is 37.3 Å². The Morgan fingerprint density at radius 2 is 1.92 bits per heavy atom. The van der Waals surface area contributed by atoms with Crippen molar-refractivity contribution in [3.63, 3.8) is 0 Å². The van der Waals surface area contributed by atoms with E-state index in [0.717, 1.165) is 13.0 Å². The van der Waals surface area contributed by atoms with Crippen LogP contribution in [-0.4, -0.2) is 23.3 Å². The predicted molar refractivity (Wildman–Crippen MR) is 54.2 cm³/mol. The van der Waals surface area contributed by atoms with Crippen LogP contribution in [0.3, 0.4) is 0 Å². The van der Waals surface area contributed by atoms with Gasteiger partial charge in [0.05, 0.1) is 0 Å². The molecule has 13 heavy (non-hydrogen) atoms. The average molecular weight is 179 g/mol. The fourth-order valence-corrected chi connectivity index (χ4v) is 1.29. The Morgan fingerprint density at radius 1 is 1.31 bits per heavy atom. The Kier molecular flexibility index (Phi) is 3.93. The van der Waals surface area contributed by atoms with E-state index in [1.54, 1.807) is 0 Å². The molecular weight excluding hydrogens is 162 g/mol. The summed E-state index contributed by atoms with van der Waals surface area (Å²) in [5, 5.41) is 9.51. The molecule has 0 amide bonds. The van der Waals surface area contributed by atoms with Crippen LogP contribution in [0.1, 0.15) is 18.9 Å². The summed E-state index contributed by atoms with van der Waals surface area (Å²) in [6.07, 6.45) is 0.434. The third kappa shape index (κ3) is 3.17. The normalized spacial score (nSPS) is 13.2. The lowest BCUT2D eigenvalue weighted by Crippen LogP contribution is -2.30. The van der Waals surface area contributed by atoms with E-state index in [0.29, 0.717) is 0 Å². The third-order valence-electron chi connectivity index (χ3n) is 2.15. The molecule has 0 fully saturated rings. The first-order valence-corrected chi connectivity index (χ1v) is 4.66. The van der Waals surface area contributed by atoms with E-state index < -0.39 is 0 Å². The number of aliphatic hydroxyl groups is 1. The maximum atomic E-state index is 9.51. The molecule has 1 N–H and O–H groups in total. The highest BCUT2D eigenvalue weighted by Gasteiger charge is 2.07. The SMILES string of the molecule is CCC(O)N(C)Cc1ccccc1. The molecule has 0 aromatic heterocycles. The van der Waals surface area contributed by atoms with Crippen LogP contribution in [0.15, 0.2) is 30.3 Å². The van der Waals surface area contributed by atoms with Crippen molar-refractivity contribution >= 4 is 0 Å². The lowest BCUT2D eigenvalue weighted by Gasteiger charge is -2.21. The molecule has 72 valence electrons. The van der Waals surface area contributed by atoms with Gasteiger partial charge in [-0.3, -0.25) is 4.90 Å². The zero-order valence-electron chi connectivity index (χ0n) is 8.27. The van der Waals surface area contributed by atoms with Gasteiger partial charge in [-0.25, -0.2) is 0 Å². The second kappa shape index (κ2) is 5.00. The third-order valence-corrected chi connectivity index (χ3v) is 2.15. The number of benzene rings is 1. The molecule has 2 heteroatoms. The van der Waals surface area contributed by atoms with Crippen molar-refractivity contribution in [2.45, 2.75) is 26.1 Å². The van der Waals surface area contributed by atoms with Gasteiger partial charge in [-0.05, 0) is 19.0 Å². The predicted octanol–water partition coefficient (Wildman–Crippen LogP) is 1.85. The quantitative estimate of drug-likeness (QED) is 0.713. The van der Waals surface area contributed by atoms with Crippen LogP contribution < -0.4 is 0 Å². The van der Waals surface area contributed by atoms with Crippen molar-refractivity contribution in [2.75, 3.05) is 7.05 Å². The molecule has 1 unspecified atom stereocenters. The Morgan fingerprint density at radius 3 is 2.46 bits per heavy atom. The standard InChI is InChI=1S/C11H17NO/c1-3-11(13)12(2)9-10-7-5-4-6-8-10/h4-8,11,13H,3,9H2,1-2H3. The minimum absolute atomic E-state index is 0.333. The van der Waals surface area contributed by atoms with Crippen LogP contribution in [-0.2, 0) is 6.54 Å². The van der Waals surface area contributed by atoms with Gasteiger partial charge in [-0.2, -0.15) is 0 Å². The minimum Gasteiger partial charge on any atom is -0.378 e. The molecule has 0 aliphatic rings. The zero-order chi connectivity index (χ0) is 9.68. The lowest BCUT2D eigenvalue weighted by atomic mass is 10.2. The van der Waals surface area contributed by atoms with E-state index in [1.807, 2.05) is 37.1 Å². The average Bonchev–Trinajstić information content (AvgIpc) is 2.18. The Balaban J connectivity index is 2.50. The van der Waals surface area contributed by atoms with E-state index in [1.165, 1.54) is 5.56 Å². The fraction of sp³-hybridized carbons (Fsp3) is 0.455. The number of hydrogen-bond acceptors (Lipinski definition) is 2. The summed E-state index contributed by atoms with van der Waals surface area (Å²) >= 11 is 0. The molecule has 0 saturated carbocycles. The summed E-state index contributed by atoms with van der Waals surface area (Å²) in [5.74, 6) is 0. The van der Waals surface area contributed by atoms with E-state index >= 15 is 0 Å². The molecule has 0 spiro atoms.